The minimum atomic E-state index is -0.545. The number of Topliss-reactive ketones (excluding diaryl/α,β-unsaturated/α-hetero) is 1. The Labute approximate surface area is 160 Å². The zero-order chi connectivity index (χ0) is 19.8. The first-order chi connectivity index (χ1) is 12.7. The minimum absolute atomic E-state index is 0.0304. The van der Waals surface area contributed by atoms with Gasteiger partial charge in [0.25, 0.3) is 0 Å². The third-order valence-electron chi connectivity index (χ3n) is 5.07. The van der Waals surface area contributed by atoms with Gasteiger partial charge in [0.15, 0.2) is 5.78 Å². The number of carbonyl (C=O) groups is 3. The number of hydrogen-bond acceptors (Lipinski definition) is 4. The van der Waals surface area contributed by atoms with Crippen molar-refractivity contribution in [1.82, 2.24) is 4.90 Å². The third-order valence-corrected chi connectivity index (χ3v) is 5.07. The largest absolute Gasteiger partial charge is 0.444 e. The van der Waals surface area contributed by atoms with Gasteiger partial charge in [0.05, 0.1) is 5.92 Å². The fourth-order valence-electron chi connectivity index (χ4n) is 3.74. The number of likely N-dealkylation sites (tertiary alicyclic amines) is 1. The molecule has 3 rings (SSSR count). The lowest BCUT2D eigenvalue weighted by Gasteiger charge is -2.35. The van der Waals surface area contributed by atoms with Gasteiger partial charge in [0, 0.05) is 30.9 Å². The molecule has 0 spiro atoms. The Kier molecular flexibility index (Phi) is 5.27. The topological polar surface area (TPSA) is 66.9 Å². The molecule has 1 aromatic rings. The van der Waals surface area contributed by atoms with Crippen molar-refractivity contribution in [2.24, 2.45) is 5.92 Å². The third kappa shape index (κ3) is 4.31. The van der Waals surface area contributed by atoms with Gasteiger partial charge < -0.3 is 14.5 Å². The number of benzene rings is 1. The molecule has 0 aliphatic carbocycles. The summed E-state index contributed by atoms with van der Waals surface area (Å²) >= 11 is 0. The molecule has 0 saturated carbocycles. The SMILES string of the molecule is CC(=O)c1ccc2c(c1)CCN2C(=O)C1CCCN(C(=O)OC(C)(C)C)C1. The Morgan fingerprint density at radius 3 is 2.56 bits per heavy atom. The predicted octanol–water partition coefficient (Wildman–Crippen LogP) is 3.43. The van der Waals surface area contributed by atoms with Crippen molar-refractivity contribution in [3.8, 4) is 0 Å². The monoisotopic (exact) mass is 372 g/mol. The number of piperidine rings is 1. The highest BCUT2D eigenvalue weighted by Gasteiger charge is 2.35. The van der Waals surface area contributed by atoms with E-state index < -0.39 is 5.60 Å². The van der Waals surface area contributed by atoms with Crippen LogP contribution in [0.1, 0.15) is 56.5 Å². The van der Waals surface area contributed by atoms with Crippen molar-refractivity contribution in [2.45, 2.75) is 52.6 Å². The molecule has 0 radical (unpaired) electrons. The normalized spacial score (nSPS) is 19.6. The molecule has 2 aliphatic heterocycles. The smallest absolute Gasteiger partial charge is 0.410 e. The molecule has 0 bridgehead atoms. The standard InChI is InChI=1S/C21H28N2O4/c1-14(24)15-7-8-18-16(12-15)9-11-23(18)19(25)17-6-5-10-22(13-17)20(26)27-21(2,3)4/h7-8,12,17H,5-6,9-11,13H2,1-4H3. The van der Waals surface area contributed by atoms with E-state index in [1.165, 1.54) is 0 Å². The second-order valence-corrected chi connectivity index (χ2v) is 8.41. The van der Waals surface area contributed by atoms with Gasteiger partial charge in [-0.2, -0.15) is 0 Å². The summed E-state index contributed by atoms with van der Waals surface area (Å²) < 4.78 is 5.45. The summed E-state index contributed by atoms with van der Waals surface area (Å²) in [7, 11) is 0. The van der Waals surface area contributed by atoms with E-state index in [0.717, 1.165) is 30.5 Å². The Hall–Kier alpha value is -2.37. The summed E-state index contributed by atoms with van der Waals surface area (Å²) in [6, 6.07) is 5.53. The van der Waals surface area contributed by atoms with Gasteiger partial charge in [-0.05, 0) is 70.7 Å². The summed E-state index contributed by atoms with van der Waals surface area (Å²) in [5, 5.41) is 0. The summed E-state index contributed by atoms with van der Waals surface area (Å²) in [6.07, 6.45) is 1.97. The second-order valence-electron chi connectivity index (χ2n) is 8.41. The van der Waals surface area contributed by atoms with Crippen LogP contribution in [-0.2, 0) is 16.0 Å². The van der Waals surface area contributed by atoms with E-state index in [1.807, 2.05) is 37.8 Å². The average Bonchev–Trinajstić information content (AvgIpc) is 3.02. The lowest BCUT2D eigenvalue weighted by Crippen LogP contribution is -2.47. The number of anilines is 1. The van der Waals surface area contributed by atoms with E-state index in [0.29, 0.717) is 25.2 Å². The molecule has 1 aromatic carbocycles. The van der Waals surface area contributed by atoms with E-state index in [1.54, 1.807) is 17.9 Å². The van der Waals surface area contributed by atoms with E-state index in [2.05, 4.69) is 0 Å². The number of hydrogen-bond donors (Lipinski definition) is 0. The number of ketones is 1. The maximum atomic E-state index is 13.1. The number of carbonyl (C=O) groups excluding carboxylic acids is 3. The highest BCUT2D eigenvalue weighted by Crippen LogP contribution is 2.32. The van der Waals surface area contributed by atoms with Crippen LogP contribution in [0.4, 0.5) is 10.5 Å². The van der Waals surface area contributed by atoms with Crippen LogP contribution in [0, 0.1) is 5.92 Å². The summed E-state index contributed by atoms with van der Waals surface area (Å²) in [4.78, 5) is 40.5. The van der Waals surface area contributed by atoms with Gasteiger partial charge in [-0.25, -0.2) is 4.79 Å². The lowest BCUT2D eigenvalue weighted by molar-refractivity contribution is -0.123. The molecule has 0 N–H and O–H groups in total. The molecule has 1 unspecified atom stereocenters. The molecule has 2 heterocycles. The molecule has 1 fully saturated rings. The van der Waals surface area contributed by atoms with Crippen LogP contribution in [0.5, 0.6) is 0 Å². The zero-order valence-corrected chi connectivity index (χ0v) is 16.6. The first-order valence-corrected chi connectivity index (χ1v) is 9.59. The fourth-order valence-corrected chi connectivity index (χ4v) is 3.74. The van der Waals surface area contributed by atoms with Crippen molar-refractivity contribution in [2.75, 3.05) is 24.5 Å². The highest BCUT2D eigenvalue weighted by atomic mass is 16.6. The Bertz CT molecular complexity index is 766. The van der Waals surface area contributed by atoms with Crippen LogP contribution in [0.25, 0.3) is 0 Å². The molecule has 2 amide bonds. The number of rotatable bonds is 2. The van der Waals surface area contributed by atoms with Gasteiger partial charge >= 0.3 is 6.09 Å². The molecular weight excluding hydrogens is 344 g/mol. The highest BCUT2D eigenvalue weighted by molar-refractivity contribution is 5.99. The van der Waals surface area contributed by atoms with E-state index >= 15 is 0 Å². The number of nitrogens with zero attached hydrogens (tertiary/aromatic N) is 2. The molecular formula is C21H28N2O4. The molecule has 0 aromatic heterocycles. The van der Waals surface area contributed by atoms with Crippen molar-refractivity contribution in [3.63, 3.8) is 0 Å². The first-order valence-electron chi connectivity index (χ1n) is 9.59. The Morgan fingerprint density at radius 2 is 1.89 bits per heavy atom. The molecule has 2 aliphatic rings. The van der Waals surface area contributed by atoms with E-state index in [9.17, 15) is 14.4 Å². The maximum Gasteiger partial charge on any atom is 0.410 e. The van der Waals surface area contributed by atoms with Gasteiger partial charge in [-0.1, -0.05) is 0 Å². The van der Waals surface area contributed by atoms with Gasteiger partial charge in [-0.3, -0.25) is 9.59 Å². The molecule has 6 nitrogen and oxygen atoms in total. The first kappa shape index (κ1) is 19.4. The number of fused-ring (bicyclic) bond motifs is 1. The summed E-state index contributed by atoms with van der Waals surface area (Å²) in [5.74, 6) is -0.134. The van der Waals surface area contributed by atoms with Crippen LogP contribution in [0.2, 0.25) is 0 Å². The molecule has 27 heavy (non-hydrogen) atoms. The molecule has 1 atom stereocenters. The predicted molar refractivity (Wildman–Crippen MR) is 103 cm³/mol. The molecule has 6 heteroatoms. The van der Waals surface area contributed by atoms with Crippen LogP contribution in [0.15, 0.2) is 18.2 Å². The van der Waals surface area contributed by atoms with Crippen molar-refractivity contribution in [3.05, 3.63) is 29.3 Å². The van der Waals surface area contributed by atoms with Crippen LogP contribution in [-0.4, -0.2) is 47.9 Å². The van der Waals surface area contributed by atoms with Crippen molar-refractivity contribution < 1.29 is 19.1 Å². The second kappa shape index (κ2) is 7.33. The van der Waals surface area contributed by atoms with E-state index in [4.69, 9.17) is 4.74 Å². The summed E-state index contributed by atoms with van der Waals surface area (Å²) in [5.41, 5.74) is 2.06. The van der Waals surface area contributed by atoms with Crippen LogP contribution < -0.4 is 4.90 Å². The number of amides is 2. The fraction of sp³-hybridized carbons (Fsp3) is 0.571. The Morgan fingerprint density at radius 1 is 1.15 bits per heavy atom. The molecule has 1 saturated heterocycles. The Balaban J connectivity index is 1.70. The van der Waals surface area contributed by atoms with Gasteiger partial charge in [0.1, 0.15) is 5.60 Å². The zero-order valence-electron chi connectivity index (χ0n) is 16.6. The minimum Gasteiger partial charge on any atom is -0.444 e. The van der Waals surface area contributed by atoms with Crippen LogP contribution in [0.3, 0.4) is 0 Å². The van der Waals surface area contributed by atoms with Gasteiger partial charge in [0.2, 0.25) is 5.91 Å². The lowest BCUT2D eigenvalue weighted by atomic mass is 9.96. The summed E-state index contributed by atoms with van der Waals surface area (Å²) in [6.45, 7) is 8.71. The number of ether oxygens (including phenoxy) is 1. The van der Waals surface area contributed by atoms with Gasteiger partial charge in [-0.15, -0.1) is 0 Å². The van der Waals surface area contributed by atoms with Crippen molar-refractivity contribution >= 4 is 23.5 Å². The van der Waals surface area contributed by atoms with Crippen LogP contribution >= 0.6 is 0 Å². The average molecular weight is 372 g/mol. The molecule has 146 valence electrons. The quantitative estimate of drug-likeness (QED) is 0.746. The van der Waals surface area contributed by atoms with E-state index in [-0.39, 0.29) is 23.7 Å². The maximum absolute atomic E-state index is 13.1. The van der Waals surface area contributed by atoms with Crippen molar-refractivity contribution in [1.29, 1.82) is 0 Å².